The Kier molecular flexibility index (Phi) is 6.65. The van der Waals surface area contributed by atoms with Gasteiger partial charge in [-0.2, -0.15) is 9.30 Å². The molecule has 7 nitrogen and oxygen atoms in total. The van der Waals surface area contributed by atoms with E-state index in [0.29, 0.717) is 45.5 Å². The van der Waals surface area contributed by atoms with Gasteiger partial charge in [-0.05, 0) is 49.2 Å². The van der Waals surface area contributed by atoms with Crippen molar-refractivity contribution in [2.75, 3.05) is 20.2 Å². The van der Waals surface area contributed by atoms with Crippen LogP contribution in [0.3, 0.4) is 0 Å². The Morgan fingerprint density at radius 1 is 1.19 bits per heavy atom. The lowest BCUT2D eigenvalue weighted by Crippen LogP contribution is -2.42. The van der Waals surface area contributed by atoms with Gasteiger partial charge in [0.15, 0.2) is 4.80 Å². The summed E-state index contributed by atoms with van der Waals surface area (Å²) in [5.41, 5.74) is 0.711. The maximum absolute atomic E-state index is 13.1. The number of thiazole rings is 1. The number of fused-ring (bicyclic) bond motifs is 1. The van der Waals surface area contributed by atoms with Crippen LogP contribution < -0.4 is 9.54 Å². The Labute approximate surface area is 199 Å². The van der Waals surface area contributed by atoms with Crippen LogP contribution in [-0.2, 0) is 21.9 Å². The molecule has 1 saturated heterocycles. The Morgan fingerprint density at radius 3 is 2.59 bits per heavy atom. The van der Waals surface area contributed by atoms with Crippen molar-refractivity contribution in [3.8, 4) is 5.75 Å². The quantitative estimate of drug-likeness (QED) is 0.526. The largest absolute Gasteiger partial charge is 0.497 e. The molecule has 1 unspecified atom stereocenters. The van der Waals surface area contributed by atoms with Gasteiger partial charge in [-0.15, -0.1) is 0 Å². The summed E-state index contributed by atoms with van der Waals surface area (Å²) in [6, 6.07) is 9.77. The molecular formula is C21H21Cl2N3O4S2. The highest BCUT2D eigenvalue weighted by Crippen LogP contribution is 2.32. The molecule has 3 aromatic rings. The van der Waals surface area contributed by atoms with E-state index < -0.39 is 15.9 Å². The number of aromatic nitrogens is 1. The molecule has 1 fully saturated rings. The molecule has 0 radical (unpaired) electrons. The Morgan fingerprint density at radius 2 is 1.91 bits per heavy atom. The minimum atomic E-state index is -3.72. The minimum absolute atomic E-state index is 0.0951. The molecule has 0 bridgehead atoms. The number of carbonyl (C=O) groups is 1. The summed E-state index contributed by atoms with van der Waals surface area (Å²) in [7, 11) is -0.423. The van der Waals surface area contributed by atoms with Gasteiger partial charge in [-0.1, -0.05) is 34.5 Å². The fourth-order valence-corrected chi connectivity index (χ4v) is 6.78. The molecule has 1 aliphatic heterocycles. The number of ether oxygens (including phenoxy) is 1. The number of carbonyl (C=O) groups excluding carboxylic acids is 1. The predicted octanol–water partition coefficient (Wildman–Crippen LogP) is 4.08. The topological polar surface area (TPSA) is 81.0 Å². The highest BCUT2D eigenvalue weighted by Gasteiger charge is 2.33. The van der Waals surface area contributed by atoms with Gasteiger partial charge in [-0.3, -0.25) is 4.79 Å². The lowest BCUT2D eigenvalue weighted by atomic mass is 9.99. The summed E-state index contributed by atoms with van der Waals surface area (Å²) in [6.07, 6.45) is 1.17. The van der Waals surface area contributed by atoms with Gasteiger partial charge in [-0.25, -0.2) is 8.42 Å². The number of amides is 1. The van der Waals surface area contributed by atoms with E-state index >= 15 is 0 Å². The third-order valence-electron chi connectivity index (χ3n) is 5.49. The maximum atomic E-state index is 13.1. The van der Waals surface area contributed by atoms with E-state index in [-0.39, 0.29) is 17.3 Å². The molecule has 4 rings (SSSR count). The molecule has 2 aromatic carbocycles. The van der Waals surface area contributed by atoms with Crippen LogP contribution in [0.4, 0.5) is 0 Å². The zero-order valence-electron chi connectivity index (χ0n) is 17.4. The van der Waals surface area contributed by atoms with Crippen molar-refractivity contribution in [2.45, 2.75) is 17.7 Å². The van der Waals surface area contributed by atoms with Gasteiger partial charge in [0.1, 0.15) is 5.75 Å². The first kappa shape index (κ1) is 23.3. The van der Waals surface area contributed by atoms with Crippen LogP contribution in [0.1, 0.15) is 12.8 Å². The van der Waals surface area contributed by atoms with Gasteiger partial charge >= 0.3 is 0 Å². The lowest BCUT2D eigenvalue weighted by Gasteiger charge is -2.30. The molecule has 170 valence electrons. The molecule has 0 spiro atoms. The average molecular weight is 514 g/mol. The number of piperidine rings is 1. The SMILES string of the molecule is COc1ccc(S(=O)(=O)N2CCCC(C(=O)N=c3sc4ccc(Cl)c(Cl)c4n3C)C2)cc1. The zero-order chi connectivity index (χ0) is 23.0. The summed E-state index contributed by atoms with van der Waals surface area (Å²) < 4.78 is 35.2. The number of rotatable bonds is 4. The number of hydrogen-bond acceptors (Lipinski definition) is 5. The van der Waals surface area contributed by atoms with Crippen molar-refractivity contribution in [1.82, 2.24) is 8.87 Å². The van der Waals surface area contributed by atoms with E-state index in [1.165, 1.54) is 34.9 Å². The maximum Gasteiger partial charge on any atom is 0.252 e. The van der Waals surface area contributed by atoms with Crippen LogP contribution in [0.15, 0.2) is 46.3 Å². The number of methoxy groups -OCH3 is 1. The third-order valence-corrected chi connectivity index (χ3v) is 9.26. The normalized spacial score (nSPS) is 18.2. The Bertz CT molecular complexity index is 1350. The second-order valence-electron chi connectivity index (χ2n) is 7.48. The van der Waals surface area contributed by atoms with E-state index in [1.807, 2.05) is 6.07 Å². The smallest absolute Gasteiger partial charge is 0.252 e. The molecule has 0 aliphatic carbocycles. The number of hydrogen-bond donors (Lipinski definition) is 0. The van der Waals surface area contributed by atoms with Gasteiger partial charge in [0.25, 0.3) is 5.91 Å². The molecule has 1 aliphatic rings. The van der Waals surface area contributed by atoms with Crippen molar-refractivity contribution in [1.29, 1.82) is 0 Å². The molecule has 1 amide bonds. The average Bonchev–Trinajstić information content (AvgIpc) is 3.12. The minimum Gasteiger partial charge on any atom is -0.497 e. The van der Waals surface area contributed by atoms with Gasteiger partial charge in [0, 0.05) is 20.1 Å². The van der Waals surface area contributed by atoms with Crippen LogP contribution in [-0.4, -0.2) is 43.4 Å². The second-order valence-corrected chi connectivity index (χ2v) is 11.2. The fourth-order valence-electron chi connectivity index (χ4n) is 3.72. The monoisotopic (exact) mass is 513 g/mol. The number of sulfonamides is 1. The number of halogens is 2. The van der Waals surface area contributed by atoms with Gasteiger partial charge in [0.2, 0.25) is 10.0 Å². The van der Waals surface area contributed by atoms with E-state index in [9.17, 15) is 13.2 Å². The summed E-state index contributed by atoms with van der Waals surface area (Å²) >= 11 is 13.8. The van der Waals surface area contributed by atoms with Gasteiger partial charge in [0.05, 0.1) is 38.2 Å². The molecule has 32 heavy (non-hydrogen) atoms. The number of benzene rings is 2. The van der Waals surface area contributed by atoms with Crippen LogP contribution in [0.25, 0.3) is 10.2 Å². The van der Waals surface area contributed by atoms with Crippen molar-refractivity contribution in [3.63, 3.8) is 0 Å². The molecule has 1 atom stereocenters. The van der Waals surface area contributed by atoms with E-state index in [0.717, 1.165) is 4.70 Å². The number of aryl methyl sites for hydroxylation is 1. The van der Waals surface area contributed by atoms with E-state index in [2.05, 4.69) is 4.99 Å². The van der Waals surface area contributed by atoms with Crippen molar-refractivity contribution < 1.29 is 17.9 Å². The zero-order valence-corrected chi connectivity index (χ0v) is 20.6. The first-order chi connectivity index (χ1) is 15.2. The van der Waals surface area contributed by atoms with E-state index in [1.54, 1.807) is 29.8 Å². The Hall–Kier alpha value is -1.91. The first-order valence-corrected chi connectivity index (χ1v) is 12.9. The molecule has 11 heteroatoms. The van der Waals surface area contributed by atoms with Crippen LogP contribution in [0, 0.1) is 5.92 Å². The summed E-state index contributed by atoms with van der Waals surface area (Å²) in [6.45, 7) is 0.459. The van der Waals surface area contributed by atoms with Crippen molar-refractivity contribution >= 4 is 60.7 Å². The number of nitrogens with zero attached hydrogens (tertiary/aromatic N) is 3. The highest BCUT2D eigenvalue weighted by molar-refractivity contribution is 7.89. The summed E-state index contributed by atoms with van der Waals surface area (Å²) in [4.78, 5) is 17.9. The molecular weight excluding hydrogens is 493 g/mol. The van der Waals surface area contributed by atoms with Crippen LogP contribution >= 0.6 is 34.5 Å². The third kappa shape index (κ3) is 4.32. The standard InChI is InChI=1S/C21H21Cl2N3O4S2/c1-25-19-17(10-9-16(22)18(19)23)31-21(25)24-20(27)13-4-3-11-26(12-13)32(28,29)15-7-5-14(30-2)6-8-15/h5-10,13H,3-4,11-12H2,1-2H3. The molecule has 0 N–H and O–H groups in total. The molecule has 1 aromatic heterocycles. The highest BCUT2D eigenvalue weighted by atomic mass is 35.5. The molecule has 2 heterocycles. The summed E-state index contributed by atoms with van der Waals surface area (Å²) in [5.74, 6) is -0.280. The predicted molar refractivity (Wildman–Crippen MR) is 126 cm³/mol. The van der Waals surface area contributed by atoms with Crippen LogP contribution in [0.5, 0.6) is 5.75 Å². The van der Waals surface area contributed by atoms with Crippen molar-refractivity contribution in [3.05, 3.63) is 51.2 Å². The second kappa shape index (κ2) is 9.15. The van der Waals surface area contributed by atoms with Crippen molar-refractivity contribution in [2.24, 2.45) is 18.0 Å². The first-order valence-electron chi connectivity index (χ1n) is 9.88. The molecule has 0 saturated carbocycles. The fraction of sp³-hybridized carbons (Fsp3) is 0.333. The lowest BCUT2D eigenvalue weighted by molar-refractivity contribution is -0.122. The van der Waals surface area contributed by atoms with Gasteiger partial charge < -0.3 is 9.30 Å². The Balaban J connectivity index is 1.59. The van der Waals surface area contributed by atoms with E-state index in [4.69, 9.17) is 27.9 Å². The summed E-state index contributed by atoms with van der Waals surface area (Å²) in [5, 5.41) is 0.836. The van der Waals surface area contributed by atoms with Crippen LogP contribution in [0.2, 0.25) is 10.0 Å².